The van der Waals surface area contributed by atoms with Gasteiger partial charge in [-0.15, -0.1) is 0 Å². The van der Waals surface area contributed by atoms with E-state index in [1.54, 1.807) is 0 Å². The Morgan fingerprint density at radius 1 is 1.42 bits per heavy atom. The fourth-order valence-corrected chi connectivity index (χ4v) is 2.19. The van der Waals surface area contributed by atoms with Crippen LogP contribution in [-0.4, -0.2) is 26.6 Å². The molecule has 0 amide bonds. The Morgan fingerprint density at radius 3 is 2.68 bits per heavy atom. The third-order valence-corrected chi connectivity index (χ3v) is 4.61. The van der Waals surface area contributed by atoms with E-state index in [1.807, 2.05) is 0 Å². The van der Waals surface area contributed by atoms with Gasteiger partial charge in [-0.05, 0) is 44.0 Å². The van der Waals surface area contributed by atoms with Gasteiger partial charge in [-0.2, -0.15) is 0 Å². The number of carboxylic acids is 1. The van der Waals surface area contributed by atoms with Gasteiger partial charge in [-0.3, -0.25) is 4.79 Å². The van der Waals surface area contributed by atoms with E-state index in [2.05, 4.69) is 31.9 Å². The highest BCUT2D eigenvalue weighted by Gasteiger charge is 2.50. The molecule has 1 aliphatic rings. The number of carbonyl (C=O) groups excluding carboxylic acids is 1. The van der Waals surface area contributed by atoms with Gasteiger partial charge in [-0.1, -0.05) is 0 Å². The normalized spacial score (nSPS) is 24.7. The number of esters is 1. The second-order valence-corrected chi connectivity index (χ2v) is 5.70. The number of carbonyl (C=O) groups is 2. The van der Waals surface area contributed by atoms with Crippen molar-refractivity contribution in [3.8, 4) is 17.2 Å². The highest BCUT2D eigenvalue weighted by Crippen LogP contribution is 2.44. The summed E-state index contributed by atoms with van der Waals surface area (Å²) in [6, 6.07) is 4.43. The van der Waals surface area contributed by atoms with Crippen molar-refractivity contribution in [2.45, 2.75) is 16.4 Å². The molecule has 1 heterocycles. The fraction of sp³-hybridized carbons (Fsp3) is 0.273. The van der Waals surface area contributed by atoms with E-state index in [9.17, 15) is 9.59 Å². The van der Waals surface area contributed by atoms with Crippen molar-refractivity contribution in [2.75, 3.05) is 0 Å². The van der Waals surface area contributed by atoms with Crippen molar-refractivity contribution in [2.24, 2.45) is 0 Å². The molecule has 0 spiro atoms. The van der Waals surface area contributed by atoms with E-state index in [-0.39, 0.29) is 11.5 Å². The molecule has 102 valence electrons. The summed E-state index contributed by atoms with van der Waals surface area (Å²) >= 11 is 6.05. The Bertz CT molecular complexity index is 546. The lowest BCUT2D eigenvalue weighted by atomic mass is 10.2. The molecule has 1 N–H and O–H groups in total. The van der Waals surface area contributed by atoms with E-state index in [4.69, 9.17) is 19.3 Å². The summed E-state index contributed by atoms with van der Waals surface area (Å²) in [6.07, 6.45) is 0. The first-order valence-corrected chi connectivity index (χ1v) is 6.78. The highest BCUT2D eigenvalue weighted by atomic mass is 79.9. The van der Waals surface area contributed by atoms with Crippen LogP contribution in [0, 0.1) is 0 Å². The van der Waals surface area contributed by atoms with E-state index in [0.29, 0.717) is 5.75 Å². The maximum atomic E-state index is 11.2. The van der Waals surface area contributed by atoms with Crippen molar-refractivity contribution in [1.29, 1.82) is 0 Å². The monoisotopic (exact) mass is 394 g/mol. The van der Waals surface area contributed by atoms with Gasteiger partial charge in [0.05, 0.1) is 0 Å². The van der Waals surface area contributed by atoms with Crippen LogP contribution >= 0.6 is 31.9 Å². The van der Waals surface area contributed by atoms with E-state index in [0.717, 1.165) is 0 Å². The summed E-state index contributed by atoms with van der Waals surface area (Å²) in [5.41, 5.74) is 0. The van der Waals surface area contributed by atoms with Gasteiger partial charge in [0, 0.05) is 13.0 Å². The molecule has 19 heavy (non-hydrogen) atoms. The molecule has 1 aromatic rings. The minimum absolute atomic E-state index is 0.161. The van der Waals surface area contributed by atoms with Crippen molar-refractivity contribution < 1.29 is 28.9 Å². The number of alkyl halides is 2. The average molecular weight is 396 g/mol. The predicted octanol–water partition coefficient (Wildman–Crippen LogP) is 2.28. The van der Waals surface area contributed by atoms with Crippen LogP contribution in [-0.2, 0) is 9.59 Å². The molecule has 0 radical (unpaired) electrons. The minimum Gasteiger partial charge on any atom is -0.477 e. The Balaban J connectivity index is 2.36. The van der Waals surface area contributed by atoms with Gasteiger partial charge < -0.3 is 19.3 Å². The molecular weight excluding hydrogens is 388 g/mol. The van der Waals surface area contributed by atoms with Crippen molar-refractivity contribution in [1.82, 2.24) is 0 Å². The standard InChI is InChI=1S/C11H8Br2O6/c1-5(14)17-6-2-3-7-8(4-6)19-11(13,10(15)16)9(12)18-7/h2-4,9H,1H3,(H,15,16). The number of aliphatic carboxylic acids is 1. The lowest BCUT2D eigenvalue weighted by Crippen LogP contribution is -2.51. The first kappa shape index (κ1) is 14.1. The highest BCUT2D eigenvalue weighted by molar-refractivity contribution is 9.12. The second kappa shape index (κ2) is 5.01. The zero-order valence-electron chi connectivity index (χ0n) is 9.55. The van der Waals surface area contributed by atoms with E-state index in [1.165, 1.54) is 25.1 Å². The van der Waals surface area contributed by atoms with Crippen LogP contribution in [0.25, 0.3) is 0 Å². The molecular formula is C11H8Br2O6. The molecule has 2 rings (SSSR count). The molecule has 0 saturated heterocycles. The van der Waals surface area contributed by atoms with Gasteiger partial charge >= 0.3 is 16.4 Å². The van der Waals surface area contributed by atoms with Crippen LogP contribution in [0.15, 0.2) is 18.2 Å². The Hall–Kier alpha value is -1.28. The van der Waals surface area contributed by atoms with Crippen molar-refractivity contribution in [3.63, 3.8) is 0 Å². The molecule has 0 fully saturated rings. The quantitative estimate of drug-likeness (QED) is 0.470. The number of hydrogen-bond donors (Lipinski definition) is 1. The van der Waals surface area contributed by atoms with Crippen LogP contribution in [0.2, 0.25) is 0 Å². The zero-order valence-corrected chi connectivity index (χ0v) is 12.7. The molecule has 2 atom stereocenters. The first-order valence-electron chi connectivity index (χ1n) is 5.07. The molecule has 0 bridgehead atoms. The largest absolute Gasteiger partial charge is 0.477 e. The zero-order chi connectivity index (χ0) is 14.2. The number of ether oxygens (including phenoxy) is 3. The summed E-state index contributed by atoms with van der Waals surface area (Å²) in [5.74, 6) is -0.998. The van der Waals surface area contributed by atoms with E-state index < -0.39 is 21.5 Å². The number of halogens is 2. The molecule has 0 aliphatic carbocycles. The second-order valence-electron chi connectivity index (χ2n) is 3.69. The Labute approximate surface area is 124 Å². The van der Waals surface area contributed by atoms with Gasteiger partial charge in [0.2, 0.25) is 5.01 Å². The molecule has 1 aliphatic heterocycles. The molecule has 1 aromatic carbocycles. The SMILES string of the molecule is CC(=O)Oc1ccc2c(c1)OC(Br)(C(=O)O)C(Br)O2. The van der Waals surface area contributed by atoms with E-state index >= 15 is 0 Å². The predicted molar refractivity (Wildman–Crippen MR) is 71.0 cm³/mol. The lowest BCUT2D eigenvalue weighted by molar-refractivity contribution is -0.151. The van der Waals surface area contributed by atoms with Gasteiger partial charge in [0.25, 0.3) is 0 Å². The van der Waals surface area contributed by atoms with Crippen LogP contribution < -0.4 is 14.2 Å². The lowest BCUT2D eigenvalue weighted by Gasteiger charge is -2.34. The minimum atomic E-state index is -1.76. The summed E-state index contributed by atoms with van der Waals surface area (Å²) in [5, 5.41) is 8.23. The molecule has 6 nitrogen and oxygen atoms in total. The summed E-state index contributed by atoms with van der Waals surface area (Å²) < 4.78 is 13.9. The van der Waals surface area contributed by atoms with Gasteiger partial charge in [0.1, 0.15) is 5.75 Å². The summed E-state index contributed by atoms with van der Waals surface area (Å²) in [6.45, 7) is 1.26. The Morgan fingerprint density at radius 2 is 2.11 bits per heavy atom. The molecule has 0 aromatic heterocycles. The first-order chi connectivity index (χ1) is 8.83. The number of benzene rings is 1. The van der Waals surface area contributed by atoms with Gasteiger partial charge in [0.15, 0.2) is 11.5 Å². The summed E-state index contributed by atoms with van der Waals surface area (Å²) in [7, 11) is 0. The number of rotatable bonds is 2. The van der Waals surface area contributed by atoms with Crippen molar-refractivity contribution >= 4 is 43.8 Å². The number of hydrogen-bond acceptors (Lipinski definition) is 5. The Kier molecular flexibility index (Phi) is 3.73. The van der Waals surface area contributed by atoms with Crippen LogP contribution in [0.5, 0.6) is 17.2 Å². The van der Waals surface area contributed by atoms with Gasteiger partial charge in [-0.25, -0.2) is 4.79 Å². The van der Waals surface area contributed by atoms with Crippen LogP contribution in [0.3, 0.4) is 0 Å². The molecule has 0 saturated carbocycles. The van der Waals surface area contributed by atoms with Crippen LogP contribution in [0.4, 0.5) is 0 Å². The third-order valence-electron chi connectivity index (χ3n) is 2.25. The summed E-state index contributed by atoms with van der Waals surface area (Å²) in [4.78, 5) is 22.1. The van der Waals surface area contributed by atoms with Crippen LogP contribution in [0.1, 0.15) is 6.92 Å². The maximum absolute atomic E-state index is 11.2. The number of carboxylic acid groups (broad SMARTS) is 1. The maximum Gasteiger partial charge on any atom is 0.364 e. The topological polar surface area (TPSA) is 82.1 Å². The fourth-order valence-electron chi connectivity index (χ4n) is 1.43. The third kappa shape index (κ3) is 2.69. The smallest absolute Gasteiger partial charge is 0.364 e. The average Bonchev–Trinajstić information content (AvgIpc) is 2.30. The molecule has 8 heteroatoms. The van der Waals surface area contributed by atoms with Crippen molar-refractivity contribution in [3.05, 3.63) is 18.2 Å². The molecule has 2 unspecified atom stereocenters. The number of fused-ring (bicyclic) bond motifs is 1.